The van der Waals surface area contributed by atoms with Crippen molar-refractivity contribution in [2.24, 2.45) is 0 Å². The van der Waals surface area contributed by atoms with Gasteiger partial charge in [-0.15, -0.1) is 0 Å². The normalized spacial score (nSPS) is 18.9. The molecule has 1 amide bonds. The Balaban J connectivity index is 1.14. The molecule has 0 N–H and O–H groups in total. The Bertz CT molecular complexity index is 2310. The second-order valence-electron chi connectivity index (χ2n) is 14.0. The third-order valence-electron chi connectivity index (χ3n) is 10.6. The van der Waals surface area contributed by atoms with Crippen LogP contribution in [0.5, 0.6) is 6.01 Å². The van der Waals surface area contributed by atoms with Gasteiger partial charge in [-0.25, -0.2) is 4.39 Å². The van der Waals surface area contributed by atoms with Crippen molar-refractivity contribution in [3.05, 3.63) is 71.2 Å². The molecule has 0 radical (unpaired) electrons. The van der Waals surface area contributed by atoms with Crippen LogP contribution in [-0.4, -0.2) is 91.7 Å². The van der Waals surface area contributed by atoms with Gasteiger partial charge in [-0.2, -0.15) is 29.0 Å². The molecule has 0 spiro atoms. The topological polar surface area (TPSA) is 137 Å². The number of halogens is 4. The lowest BCUT2D eigenvalue weighted by Gasteiger charge is -2.41. The molecule has 2 aromatic carbocycles. The largest absolute Gasteiger partial charge is 0.461 e. The Morgan fingerprint density at radius 2 is 1.91 bits per heavy atom. The van der Waals surface area contributed by atoms with Crippen LogP contribution in [0.15, 0.2) is 53.2 Å². The predicted molar refractivity (Wildman–Crippen MR) is 194 cm³/mol. The zero-order valence-corrected chi connectivity index (χ0v) is 30.1. The molecule has 1 atom stereocenters. The fourth-order valence-electron chi connectivity index (χ4n) is 8.00. The molecule has 278 valence electrons. The van der Waals surface area contributed by atoms with E-state index in [0.29, 0.717) is 40.7 Å². The number of fused-ring (bicyclic) bond motifs is 3. The number of hydrogen-bond acceptors (Lipinski definition) is 11. The highest BCUT2D eigenvalue weighted by Gasteiger charge is 2.45. The van der Waals surface area contributed by atoms with E-state index in [9.17, 15) is 18.8 Å². The van der Waals surface area contributed by atoms with Gasteiger partial charge in [0.05, 0.1) is 29.5 Å². The number of piperazine rings is 1. The fourth-order valence-corrected chi connectivity index (χ4v) is 8.29. The number of amides is 1. The Kier molecular flexibility index (Phi) is 9.35. The molecule has 3 aliphatic heterocycles. The van der Waals surface area contributed by atoms with Crippen LogP contribution >= 0.6 is 11.6 Å². The number of nitrogens with zero attached hydrogens (tertiary/aromatic N) is 9. The Morgan fingerprint density at radius 3 is 2.65 bits per heavy atom. The summed E-state index contributed by atoms with van der Waals surface area (Å²) in [6.45, 7) is 3.62. The number of nitriles is 1. The monoisotopic (exact) mass is 757 g/mol. The minimum atomic E-state index is -3.30. The van der Waals surface area contributed by atoms with E-state index >= 15 is 4.39 Å². The molecule has 3 aliphatic rings. The number of carbonyl (C=O) groups is 1. The summed E-state index contributed by atoms with van der Waals surface area (Å²) in [7, 11) is 0. The zero-order chi connectivity index (χ0) is 37.6. The van der Waals surface area contributed by atoms with Gasteiger partial charge in [-0.05, 0) is 50.2 Å². The summed E-state index contributed by atoms with van der Waals surface area (Å²) in [4.78, 5) is 36.9. The summed E-state index contributed by atoms with van der Waals surface area (Å²) in [5.74, 6) is -5.13. The minimum absolute atomic E-state index is 0.0195. The SMILES string of the molecule is CC(F)(F)c1noc(/C=C/C(=O)N2CCN(c3nc(OCC45CCCN4CCC5)nc4c(F)c(-c5cccc6cccc(Cl)c56)ncc34)C[C@@H]2CC#N)n1. The lowest BCUT2D eigenvalue weighted by molar-refractivity contribution is -0.128. The maximum atomic E-state index is 16.9. The van der Waals surface area contributed by atoms with Gasteiger partial charge in [0.1, 0.15) is 23.6 Å². The number of pyridine rings is 1. The van der Waals surface area contributed by atoms with E-state index in [0.717, 1.165) is 56.3 Å². The van der Waals surface area contributed by atoms with Crippen LogP contribution < -0.4 is 9.64 Å². The first kappa shape index (κ1) is 35.7. The lowest BCUT2D eigenvalue weighted by Crippen LogP contribution is -2.55. The Hall–Kier alpha value is -5.33. The first-order chi connectivity index (χ1) is 26.0. The predicted octanol–water partition coefficient (Wildman–Crippen LogP) is 6.78. The number of benzene rings is 2. The van der Waals surface area contributed by atoms with Crippen LogP contribution in [0, 0.1) is 17.1 Å². The fraction of sp³-hybridized carbons (Fsp3) is 0.395. The molecule has 12 nitrogen and oxygen atoms in total. The quantitative estimate of drug-likeness (QED) is 0.147. The summed E-state index contributed by atoms with van der Waals surface area (Å²) in [5, 5.41) is 15.3. The van der Waals surface area contributed by atoms with Crippen LogP contribution in [0.4, 0.5) is 19.0 Å². The van der Waals surface area contributed by atoms with E-state index in [4.69, 9.17) is 25.8 Å². The molecule has 0 saturated carbocycles. The molecule has 0 unspecified atom stereocenters. The molecular formula is C38H35ClF3N9O3. The number of ether oxygens (including phenoxy) is 1. The van der Waals surface area contributed by atoms with Crippen molar-refractivity contribution >= 4 is 51.1 Å². The van der Waals surface area contributed by atoms with E-state index in [-0.39, 0.29) is 54.7 Å². The number of rotatable bonds is 9. The van der Waals surface area contributed by atoms with Crippen LogP contribution in [0.1, 0.15) is 50.7 Å². The number of hydrogen-bond donors (Lipinski definition) is 0. The summed E-state index contributed by atoms with van der Waals surface area (Å²) in [5.41, 5.74) is 0.499. The third kappa shape index (κ3) is 6.58. The first-order valence-electron chi connectivity index (χ1n) is 17.8. The molecule has 6 heterocycles. The van der Waals surface area contributed by atoms with Crippen molar-refractivity contribution < 1.29 is 27.2 Å². The van der Waals surface area contributed by atoms with Gasteiger partial charge in [0.2, 0.25) is 11.7 Å². The maximum absolute atomic E-state index is 16.9. The van der Waals surface area contributed by atoms with Crippen LogP contribution in [-0.2, 0) is 10.7 Å². The average molecular weight is 758 g/mol. The molecule has 0 bridgehead atoms. The Morgan fingerprint density at radius 1 is 1.13 bits per heavy atom. The molecule has 3 fully saturated rings. The van der Waals surface area contributed by atoms with Crippen molar-refractivity contribution in [1.29, 1.82) is 5.26 Å². The molecule has 3 saturated heterocycles. The first-order valence-corrected chi connectivity index (χ1v) is 18.2. The highest BCUT2D eigenvalue weighted by Crippen LogP contribution is 2.41. The van der Waals surface area contributed by atoms with Crippen LogP contribution in [0.25, 0.3) is 39.0 Å². The highest BCUT2D eigenvalue weighted by atomic mass is 35.5. The molecule has 3 aromatic heterocycles. The summed E-state index contributed by atoms with van der Waals surface area (Å²) in [6, 6.07) is 12.5. The van der Waals surface area contributed by atoms with Crippen LogP contribution in [0.3, 0.4) is 0 Å². The summed E-state index contributed by atoms with van der Waals surface area (Å²) >= 11 is 6.62. The zero-order valence-electron chi connectivity index (χ0n) is 29.3. The van der Waals surface area contributed by atoms with E-state index < -0.39 is 29.5 Å². The smallest absolute Gasteiger partial charge is 0.319 e. The Labute approximate surface area is 313 Å². The van der Waals surface area contributed by atoms with Crippen molar-refractivity contribution in [2.75, 3.05) is 44.2 Å². The number of anilines is 1. The number of aromatic nitrogens is 5. The molecule has 8 rings (SSSR count). The second-order valence-corrected chi connectivity index (χ2v) is 14.4. The van der Waals surface area contributed by atoms with Crippen molar-refractivity contribution in [1.82, 2.24) is 34.9 Å². The second kappa shape index (κ2) is 14.1. The molecule has 54 heavy (non-hydrogen) atoms. The van der Waals surface area contributed by atoms with Crippen LogP contribution in [0.2, 0.25) is 5.02 Å². The third-order valence-corrected chi connectivity index (χ3v) is 10.9. The standard InChI is InChI=1S/C38H35ClF3N9O3/c1-37(41,42)35-45-28(54-48-35)10-11-29(52)51-19-18-49(21-24(51)12-15-43)34-26-20-44-32(25-8-2-6-23-7-3-9-27(39)30(23)25)31(40)33(26)46-36(47-34)53-22-38-13-4-16-50(38)17-5-14-38/h2-3,6-11,20,24H,4-5,12-14,16-19,21-22H2,1H3/b11-10+/t24-/m0/s1. The van der Waals surface area contributed by atoms with E-state index in [1.165, 1.54) is 11.1 Å². The number of alkyl halides is 2. The molecular weight excluding hydrogens is 723 g/mol. The summed E-state index contributed by atoms with van der Waals surface area (Å²) in [6.07, 6.45) is 7.97. The molecule has 16 heteroatoms. The highest BCUT2D eigenvalue weighted by molar-refractivity contribution is 6.36. The molecule has 0 aliphatic carbocycles. The van der Waals surface area contributed by atoms with Gasteiger partial charge in [0, 0.05) is 60.9 Å². The maximum Gasteiger partial charge on any atom is 0.319 e. The summed E-state index contributed by atoms with van der Waals surface area (Å²) < 4.78 is 55.3. The molecule has 5 aromatic rings. The average Bonchev–Trinajstić information content (AvgIpc) is 3.90. The van der Waals surface area contributed by atoms with Gasteiger partial charge in [0.15, 0.2) is 5.82 Å². The van der Waals surface area contributed by atoms with Crippen molar-refractivity contribution in [3.8, 4) is 23.3 Å². The van der Waals surface area contributed by atoms with Gasteiger partial charge >= 0.3 is 11.9 Å². The minimum Gasteiger partial charge on any atom is -0.461 e. The van der Waals surface area contributed by atoms with E-state index in [1.807, 2.05) is 29.2 Å². The van der Waals surface area contributed by atoms with Gasteiger partial charge in [-0.1, -0.05) is 47.1 Å². The van der Waals surface area contributed by atoms with E-state index in [1.54, 1.807) is 12.1 Å². The number of carbonyl (C=O) groups excluding carboxylic acids is 1. The van der Waals surface area contributed by atoms with Crippen molar-refractivity contribution in [2.45, 2.75) is 56.5 Å². The van der Waals surface area contributed by atoms with Gasteiger partial charge < -0.3 is 19.1 Å². The van der Waals surface area contributed by atoms with E-state index in [2.05, 4.69) is 31.1 Å². The van der Waals surface area contributed by atoms with Gasteiger partial charge in [0.25, 0.3) is 5.89 Å². The lowest BCUT2D eigenvalue weighted by atomic mass is 9.95. The van der Waals surface area contributed by atoms with Crippen molar-refractivity contribution in [3.63, 3.8) is 0 Å². The van der Waals surface area contributed by atoms with Gasteiger partial charge in [-0.3, -0.25) is 14.7 Å².